The number of hydrogen-bond donors (Lipinski definition) is 2. The molecule has 1 aliphatic rings. The third kappa shape index (κ3) is 16.1. The Balaban J connectivity index is 1.32. The Bertz CT molecular complexity index is 2290. The number of benzene rings is 5. The summed E-state index contributed by atoms with van der Waals surface area (Å²) < 4.78 is 60.6. The predicted molar refractivity (Wildman–Crippen MR) is 247 cm³/mol. The fourth-order valence-electron chi connectivity index (χ4n) is 7.15. The molecule has 0 aliphatic carbocycles. The predicted octanol–water partition coefficient (Wildman–Crippen LogP) is 6.26. The lowest BCUT2D eigenvalue weighted by atomic mass is 9.98. The van der Waals surface area contributed by atoms with Crippen LogP contribution in [0.3, 0.4) is 0 Å². The van der Waals surface area contributed by atoms with Crippen LogP contribution in [0.2, 0.25) is 0 Å². The maximum Gasteiger partial charge on any atom is 0.338 e. The normalized spacial score (nSPS) is 19.6. The number of rotatable bonds is 26. The molecule has 16 nitrogen and oxygen atoms in total. The lowest BCUT2D eigenvalue weighted by Gasteiger charge is -2.44. The van der Waals surface area contributed by atoms with Gasteiger partial charge in [0.15, 0.2) is 18.7 Å². The largest absolute Gasteiger partial charge is 0.469 e. The summed E-state index contributed by atoms with van der Waals surface area (Å²) in [5, 5.41) is 23.0. The fourth-order valence-corrected chi connectivity index (χ4v) is 7.15. The molecule has 5 aromatic rings. The summed E-state index contributed by atoms with van der Waals surface area (Å²) in [6.07, 6.45) is -11.5. The summed E-state index contributed by atoms with van der Waals surface area (Å²) >= 11 is 0. The van der Waals surface area contributed by atoms with Gasteiger partial charge >= 0.3 is 23.9 Å². The van der Waals surface area contributed by atoms with Crippen molar-refractivity contribution in [2.45, 2.75) is 88.3 Å². The molecular formula is C53H58O16. The Morgan fingerprint density at radius 3 is 1.64 bits per heavy atom. The standard InChI is InChI=1S/C53H58O16/c1-36(66-50(58)40-25-14-6-15-26-40)42(31-54)68-52(44(67-51(59)41-27-16-7-17-28-41)35-64-49(57)39-23-12-5-13-24-39)65-34-43-47(62-32-37-19-8-3-9-20-37)46(56)48(63-33-38-21-10-4-11-22-38)53(69-43)61-30-18-29-45(55)60-2/h3-17,19-28,36,42-44,46-48,52-54,56H,18,29-35H2,1-2H3/t36-,42?,43?,44+,46?,47?,48?,52?,53?/m0/s1. The topological polar surface area (TPSA) is 201 Å². The zero-order valence-electron chi connectivity index (χ0n) is 38.4. The van der Waals surface area contributed by atoms with Gasteiger partial charge in [0.2, 0.25) is 0 Å². The number of carbonyl (C=O) groups is 4. The molecule has 0 aromatic heterocycles. The molecule has 0 saturated carbocycles. The number of ether oxygens (including phenoxy) is 10. The van der Waals surface area contributed by atoms with Crippen LogP contribution in [0.25, 0.3) is 0 Å². The minimum absolute atomic E-state index is 0.00853. The van der Waals surface area contributed by atoms with E-state index in [9.17, 15) is 29.4 Å². The molecule has 69 heavy (non-hydrogen) atoms. The monoisotopic (exact) mass is 950 g/mol. The summed E-state index contributed by atoms with van der Waals surface area (Å²) in [5.41, 5.74) is 2.21. The van der Waals surface area contributed by atoms with Gasteiger partial charge in [-0.1, -0.05) is 115 Å². The SMILES string of the molecule is COC(=O)CCCOC1OC(COC(OC(CO)[C@H](C)OC(=O)c2ccccc2)[C@@H](COC(=O)c2ccccc2)OC(=O)c2ccccc2)C(OCc2ccccc2)C(O)C1OCc1ccccc1. The lowest BCUT2D eigenvalue weighted by molar-refractivity contribution is -0.330. The van der Waals surface area contributed by atoms with Crippen LogP contribution in [-0.2, 0) is 65.4 Å². The average molecular weight is 951 g/mol. The molecule has 1 fully saturated rings. The number of aliphatic hydroxyl groups is 2. The summed E-state index contributed by atoms with van der Waals surface area (Å²) in [7, 11) is 1.29. The van der Waals surface area contributed by atoms with Crippen LogP contribution >= 0.6 is 0 Å². The molecule has 0 amide bonds. The number of carbonyl (C=O) groups excluding carboxylic acids is 4. The van der Waals surface area contributed by atoms with Crippen LogP contribution in [0.4, 0.5) is 0 Å². The van der Waals surface area contributed by atoms with E-state index in [1.165, 1.54) is 26.2 Å². The van der Waals surface area contributed by atoms with E-state index < -0.39 is 99.0 Å². The molecule has 1 aliphatic heterocycles. The second-order valence-corrected chi connectivity index (χ2v) is 15.9. The van der Waals surface area contributed by atoms with Crippen LogP contribution in [-0.4, -0.2) is 123 Å². The highest BCUT2D eigenvalue weighted by Gasteiger charge is 2.48. The maximum absolute atomic E-state index is 13.8. The molecule has 1 heterocycles. The molecule has 6 rings (SSSR count). The minimum atomic E-state index is -1.68. The van der Waals surface area contributed by atoms with Crippen molar-refractivity contribution >= 4 is 23.9 Å². The molecule has 1 saturated heterocycles. The van der Waals surface area contributed by atoms with E-state index in [-0.39, 0.29) is 49.4 Å². The summed E-state index contributed by atoms with van der Waals surface area (Å²) in [5.74, 6) is -2.71. The van der Waals surface area contributed by atoms with Gasteiger partial charge in [-0.2, -0.15) is 0 Å². The van der Waals surface area contributed by atoms with Crippen LogP contribution < -0.4 is 0 Å². The zero-order chi connectivity index (χ0) is 48.8. The van der Waals surface area contributed by atoms with Crippen molar-refractivity contribution in [2.75, 3.05) is 33.5 Å². The Kier molecular flexibility index (Phi) is 20.8. The molecule has 366 valence electrons. The van der Waals surface area contributed by atoms with Gasteiger partial charge in [0.1, 0.15) is 43.2 Å². The maximum atomic E-state index is 13.8. The van der Waals surface area contributed by atoms with E-state index in [4.69, 9.17) is 47.4 Å². The first-order valence-electron chi connectivity index (χ1n) is 22.6. The number of hydrogen-bond acceptors (Lipinski definition) is 16. The Labute approximate surface area is 400 Å². The highest BCUT2D eigenvalue weighted by molar-refractivity contribution is 5.90. The Morgan fingerprint density at radius 1 is 0.623 bits per heavy atom. The van der Waals surface area contributed by atoms with Gasteiger partial charge in [-0.25, -0.2) is 14.4 Å². The van der Waals surface area contributed by atoms with Gasteiger partial charge in [-0.3, -0.25) is 4.79 Å². The second kappa shape index (κ2) is 27.6. The third-order valence-corrected chi connectivity index (χ3v) is 10.9. The molecule has 5 aromatic carbocycles. The molecule has 2 N–H and O–H groups in total. The smallest absolute Gasteiger partial charge is 0.338 e. The minimum Gasteiger partial charge on any atom is -0.469 e. The average Bonchev–Trinajstić information content (AvgIpc) is 3.39. The molecule has 9 atom stereocenters. The quantitative estimate of drug-likeness (QED) is 0.0272. The van der Waals surface area contributed by atoms with Crippen LogP contribution in [0, 0.1) is 0 Å². The zero-order valence-corrected chi connectivity index (χ0v) is 38.4. The Hall–Kier alpha value is -6.34. The van der Waals surface area contributed by atoms with Crippen molar-refractivity contribution in [2.24, 2.45) is 0 Å². The Morgan fingerprint density at radius 2 is 1.12 bits per heavy atom. The van der Waals surface area contributed by atoms with E-state index >= 15 is 0 Å². The van der Waals surface area contributed by atoms with Gasteiger partial charge < -0.3 is 57.6 Å². The van der Waals surface area contributed by atoms with Crippen molar-refractivity contribution < 1.29 is 76.8 Å². The molecule has 0 bridgehead atoms. The van der Waals surface area contributed by atoms with Crippen molar-refractivity contribution in [3.05, 3.63) is 179 Å². The molecule has 7 unspecified atom stereocenters. The molecule has 0 spiro atoms. The van der Waals surface area contributed by atoms with Crippen molar-refractivity contribution in [1.82, 2.24) is 0 Å². The van der Waals surface area contributed by atoms with Crippen LogP contribution in [0.1, 0.15) is 62.0 Å². The number of esters is 4. The van der Waals surface area contributed by atoms with E-state index in [1.807, 2.05) is 60.7 Å². The molecule has 0 radical (unpaired) electrons. The first kappa shape index (κ1) is 52.0. The van der Waals surface area contributed by atoms with E-state index in [2.05, 4.69) is 0 Å². The van der Waals surface area contributed by atoms with E-state index in [0.717, 1.165) is 11.1 Å². The fraction of sp³-hybridized carbons (Fsp3) is 0.358. The van der Waals surface area contributed by atoms with Gasteiger partial charge in [0.05, 0.1) is 56.8 Å². The van der Waals surface area contributed by atoms with Gasteiger partial charge in [0, 0.05) is 6.42 Å². The first-order chi connectivity index (χ1) is 33.6. The third-order valence-electron chi connectivity index (χ3n) is 10.9. The summed E-state index contributed by atoms with van der Waals surface area (Å²) in [4.78, 5) is 52.3. The van der Waals surface area contributed by atoms with Crippen LogP contribution in [0.5, 0.6) is 0 Å². The van der Waals surface area contributed by atoms with Crippen molar-refractivity contribution in [3.8, 4) is 0 Å². The second-order valence-electron chi connectivity index (χ2n) is 15.9. The number of aliphatic hydroxyl groups excluding tert-OH is 2. The first-order valence-corrected chi connectivity index (χ1v) is 22.6. The van der Waals surface area contributed by atoms with Crippen LogP contribution in [0.15, 0.2) is 152 Å². The van der Waals surface area contributed by atoms with Crippen molar-refractivity contribution in [3.63, 3.8) is 0 Å². The molecular weight excluding hydrogens is 893 g/mol. The van der Waals surface area contributed by atoms with E-state index in [1.54, 1.807) is 78.9 Å². The van der Waals surface area contributed by atoms with Crippen molar-refractivity contribution in [1.29, 1.82) is 0 Å². The highest BCUT2D eigenvalue weighted by Crippen LogP contribution is 2.30. The molecule has 16 heteroatoms. The van der Waals surface area contributed by atoms with Gasteiger partial charge in [-0.05, 0) is 60.9 Å². The lowest BCUT2D eigenvalue weighted by Crippen LogP contribution is -2.61. The summed E-state index contributed by atoms with van der Waals surface area (Å²) in [6.45, 7) is -0.174. The van der Waals surface area contributed by atoms with Gasteiger partial charge in [-0.15, -0.1) is 0 Å². The van der Waals surface area contributed by atoms with Gasteiger partial charge in [0.25, 0.3) is 0 Å². The number of methoxy groups -OCH3 is 1. The summed E-state index contributed by atoms with van der Waals surface area (Å²) in [6, 6.07) is 43.0. The van der Waals surface area contributed by atoms with E-state index in [0.29, 0.717) is 0 Å². The highest BCUT2D eigenvalue weighted by atomic mass is 16.7.